The monoisotopic (exact) mass is 303 g/mol. The average Bonchev–Trinajstić information content (AvgIpc) is 2.36. The first-order chi connectivity index (χ1) is 9.25. The van der Waals surface area contributed by atoms with E-state index in [0.29, 0.717) is 11.3 Å². The minimum absolute atomic E-state index is 0.0755. The zero-order valence-corrected chi connectivity index (χ0v) is 13.0. The van der Waals surface area contributed by atoms with Gasteiger partial charge in [-0.15, -0.1) is 0 Å². The SMILES string of the molecule is COCC(C)(C)NS(=O)(=O)c1ccc(OC)c(CO)c1. The molecule has 0 saturated carbocycles. The lowest BCUT2D eigenvalue weighted by atomic mass is 10.1. The Morgan fingerprint density at radius 2 is 1.95 bits per heavy atom. The summed E-state index contributed by atoms with van der Waals surface area (Å²) in [6, 6.07) is 4.34. The first kappa shape index (κ1) is 16.9. The van der Waals surface area contributed by atoms with E-state index in [0.717, 1.165) is 0 Å². The van der Waals surface area contributed by atoms with Crippen molar-refractivity contribution >= 4 is 10.0 Å². The summed E-state index contributed by atoms with van der Waals surface area (Å²) in [5, 5.41) is 9.24. The van der Waals surface area contributed by atoms with E-state index in [1.54, 1.807) is 13.8 Å². The highest BCUT2D eigenvalue weighted by Crippen LogP contribution is 2.23. The molecule has 2 N–H and O–H groups in total. The molecule has 0 radical (unpaired) electrons. The second-order valence-electron chi connectivity index (χ2n) is 5.05. The summed E-state index contributed by atoms with van der Waals surface area (Å²) in [7, 11) is -0.726. The quantitative estimate of drug-likeness (QED) is 0.781. The van der Waals surface area contributed by atoms with Gasteiger partial charge in [0, 0.05) is 12.7 Å². The molecule has 0 bridgehead atoms. The van der Waals surface area contributed by atoms with Crippen molar-refractivity contribution in [2.24, 2.45) is 0 Å². The topological polar surface area (TPSA) is 84.9 Å². The van der Waals surface area contributed by atoms with E-state index in [2.05, 4.69) is 4.72 Å². The van der Waals surface area contributed by atoms with E-state index in [9.17, 15) is 13.5 Å². The minimum atomic E-state index is -3.69. The Morgan fingerprint density at radius 1 is 1.30 bits per heavy atom. The van der Waals surface area contributed by atoms with Gasteiger partial charge in [0.25, 0.3) is 0 Å². The Balaban J connectivity index is 3.10. The van der Waals surface area contributed by atoms with Gasteiger partial charge >= 0.3 is 0 Å². The first-order valence-corrected chi connectivity index (χ1v) is 7.55. The molecule has 0 unspecified atom stereocenters. The zero-order valence-electron chi connectivity index (χ0n) is 12.1. The number of sulfonamides is 1. The van der Waals surface area contributed by atoms with E-state index in [4.69, 9.17) is 9.47 Å². The highest BCUT2D eigenvalue weighted by molar-refractivity contribution is 7.89. The second-order valence-corrected chi connectivity index (χ2v) is 6.74. The van der Waals surface area contributed by atoms with Crippen LogP contribution < -0.4 is 9.46 Å². The molecule has 0 fully saturated rings. The second kappa shape index (κ2) is 6.53. The Bertz CT molecular complexity index is 554. The maximum absolute atomic E-state index is 12.3. The predicted molar refractivity (Wildman–Crippen MR) is 75.2 cm³/mol. The van der Waals surface area contributed by atoms with Gasteiger partial charge in [0.05, 0.1) is 30.8 Å². The van der Waals surface area contributed by atoms with E-state index in [1.165, 1.54) is 32.4 Å². The molecule has 0 atom stereocenters. The maximum Gasteiger partial charge on any atom is 0.241 e. The van der Waals surface area contributed by atoms with Gasteiger partial charge in [0.1, 0.15) is 5.75 Å². The van der Waals surface area contributed by atoms with Crippen LogP contribution in [0.5, 0.6) is 5.75 Å². The minimum Gasteiger partial charge on any atom is -0.496 e. The van der Waals surface area contributed by atoms with Gasteiger partial charge in [-0.1, -0.05) is 0 Å². The van der Waals surface area contributed by atoms with Crippen LogP contribution in [0.2, 0.25) is 0 Å². The molecule has 7 heteroatoms. The maximum atomic E-state index is 12.3. The fourth-order valence-corrected chi connectivity index (χ4v) is 3.31. The summed E-state index contributed by atoms with van der Waals surface area (Å²) in [6.45, 7) is 3.40. The van der Waals surface area contributed by atoms with Gasteiger partial charge in [-0.25, -0.2) is 13.1 Å². The van der Waals surface area contributed by atoms with Crippen molar-refractivity contribution in [2.45, 2.75) is 30.9 Å². The average molecular weight is 303 g/mol. The van der Waals surface area contributed by atoms with Crippen LogP contribution in [0.4, 0.5) is 0 Å². The van der Waals surface area contributed by atoms with E-state index in [-0.39, 0.29) is 18.1 Å². The van der Waals surface area contributed by atoms with E-state index in [1.807, 2.05) is 0 Å². The van der Waals surface area contributed by atoms with Crippen molar-refractivity contribution < 1.29 is 23.0 Å². The highest BCUT2D eigenvalue weighted by Gasteiger charge is 2.26. The number of methoxy groups -OCH3 is 2. The summed E-state index contributed by atoms with van der Waals surface area (Å²) >= 11 is 0. The Morgan fingerprint density at radius 3 is 2.45 bits per heavy atom. The third-order valence-electron chi connectivity index (χ3n) is 2.65. The molecular weight excluding hydrogens is 282 g/mol. The Hall–Kier alpha value is -1.15. The van der Waals surface area contributed by atoms with Crippen molar-refractivity contribution in [3.8, 4) is 5.75 Å². The van der Waals surface area contributed by atoms with E-state index < -0.39 is 15.6 Å². The molecule has 20 heavy (non-hydrogen) atoms. The molecule has 114 valence electrons. The standard InChI is InChI=1S/C13H21NO5S/c1-13(2,9-18-3)14-20(16,17)11-5-6-12(19-4)10(7-11)8-15/h5-7,14-15H,8-9H2,1-4H3. The third kappa shape index (κ3) is 4.17. The summed E-state index contributed by atoms with van der Waals surface area (Å²) in [4.78, 5) is 0.0755. The largest absolute Gasteiger partial charge is 0.496 e. The normalized spacial score (nSPS) is 12.4. The lowest BCUT2D eigenvalue weighted by Gasteiger charge is -2.25. The van der Waals surface area contributed by atoms with Crippen LogP contribution in [0.3, 0.4) is 0 Å². The predicted octanol–water partition coefficient (Wildman–Crippen LogP) is 0.891. The number of hydrogen-bond donors (Lipinski definition) is 2. The number of aliphatic hydroxyl groups excluding tert-OH is 1. The number of ether oxygens (including phenoxy) is 2. The van der Waals surface area contributed by atoms with Crippen molar-refractivity contribution in [1.29, 1.82) is 0 Å². The lowest BCUT2D eigenvalue weighted by molar-refractivity contribution is 0.141. The van der Waals surface area contributed by atoms with Crippen molar-refractivity contribution in [1.82, 2.24) is 4.72 Å². The molecule has 0 amide bonds. The third-order valence-corrected chi connectivity index (χ3v) is 4.34. The molecule has 0 heterocycles. The summed E-state index contributed by atoms with van der Waals surface area (Å²) in [5.41, 5.74) is -0.313. The van der Waals surface area contributed by atoms with Gasteiger partial charge in [-0.3, -0.25) is 0 Å². The van der Waals surface area contributed by atoms with Gasteiger partial charge in [0.2, 0.25) is 10.0 Å². The van der Waals surface area contributed by atoms with Crippen molar-refractivity contribution in [3.05, 3.63) is 23.8 Å². The smallest absolute Gasteiger partial charge is 0.241 e. The number of nitrogens with one attached hydrogen (secondary N) is 1. The molecule has 0 aliphatic rings. The van der Waals surface area contributed by atoms with Crippen LogP contribution in [0.1, 0.15) is 19.4 Å². The fourth-order valence-electron chi connectivity index (χ4n) is 1.86. The van der Waals surface area contributed by atoms with Crippen molar-refractivity contribution in [2.75, 3.05) is 20.8 Å². The number of benzene rings is 1. The number of hydrogen-bond acceptors (Lipinski definition) is 5. The van der Waals surface area contributed by atoms with Crippen LogP contribution in [-0.4, -0.2) is 39.9 Å². The molecule has 0 aromatic heterocycles. The first-order valence-electron chi connectivity index (χ1n) is 6.06. The molecule has 0 spiro atoms. The highest BCUT2D eigenvalue weighted by atomic mass is 32.2. The van der Waals surface area contributed by atoms with Crippen LogP contribution in [-0.2, 0) is 21.4 Å². The van der Waals surface area contributed by atoms with Gasteiger partial charge in [0.15, 0.2) is 0 Å². The van der Waals surface area contributed by atoms with Crippen molar-refractivity contribution in [3.63, 3.8) is 0 Å². The van der Waals surface area contributed by atoms with Crippen LogP contribution >= 0.6 is 0 Å². The van der Waals surface area contributed by atoms with Gasteiger partial charge in [-0.05, 0) is 32.0 Å². The molecule has 1 rings (SSSR count). The molecule has 0 aliphatic carbocycles. The van der Waals surface area contributed by atoms with Gasteiger partial charge < -0.3 is 14.6 Å². The summed E-state index contributed by atoms with van der Waals surface area (Å²) < 4.78 is 37.2. The Kier molecular flexibility index (Phi) is 5.52. The zero-order chi connectivity index (χ0) is 15.4. The molecule has 1 aromatic rings. The van der Waals surface area contributed by atoms with E-state index >= 15 is 0 Å². The number of rotatable bonds is 7. The molecule has 6 nitrogen and oxygen atoms in total. The number of aliphatic hydroxyl groups is 1. The summed E-state index contributed by atoms with van der Waals surface area (Å²) in [6.07, 6.45) is 0. The molecular formula is C13H21NO5S. The van der Waals surface area contributed by atoms with Gasteiger partial charge in [-0.2, -0.15) is 0 Å². The van der Waals surface area contributed by atoms with Crippen LogP contribution in [0, 0.1) is 0 Å². The Labute approximate surface area is 119 Å². The molecule has 1 aromatic carbocycles. The van der Waals surface area contributed by atoms with Crippen LogP contribution in [0.25, 0.3) is 0 Å². The summed E-state index contributed by atoms with van der Waals surface area (Å²) in [5.74, 6) is 0.447. The fraction of sp³-hybridized carbons (Fsp3) is 0.538. The van der Waals surface area contributed by atoms with Crippen LogP contribution in [0.15, 0.2) is 23.1 Å². The molecule has 0 saturated heterocycles. The lowest BCUT2D eigenvalue weighted by Crippen LogP contribution is -2.46. The molecule has 0 aliphatic heterocycles.